The summed E-state index contributed by atoms with van der Waals surface area (Å²) in [6.45, 7) is 0. The van der Waals surface area contributed by atoms with Crippen LogP contribution in [0.2, 0.25) is 0 Å². The number of nitrogens with zero attached hydrogens (tertiary/aromatic N) is 1. The van der Waals surface area contributed by atoms with Crippen molar-refractivity contribution in [2.75, 3.05) is 14.2 Å². The second-order valence-corrected chi connectivity index (χ2v) is 4.75. The SMILES string of the molecule is COc1ccc(-c2cc(-c3cccc(F)c3)n[nH]2)cc1OC. The molecule has 1 heterocycles. The fraction of sp³-hybridized carbons (Fsp3) is 0.118. The van der Waals surface area contributed by atoms with Gasteiger partial charge < -0.3 is 9.47 Å². The van der Waals surface area contributed by atoms with Gasteiger partial charge in [0.1, 0.15) is 5.82 Å². The van der Waals surface area contributed by atoms with Crippen molar-refractivity contribution in [2.45, 2.75) is 0 Å². The van der Waals surface area contributed by atoms with Crippen molar-refractivity contribution >= 4 is 0 Å². The van der Waals surface area contributed by atoms with E-state index in [-0.39, 0.29) is 5.82 Å². The van der Waals surface area contributed by atoms with Gasteiger partial charge in [-0.1, -0.05) is 12.1 Å². The Balaban J connectivity index is 1.97. The minimum Gasteiger partial charge on any atom is -0.493 e. The molecule has 0 aliphatic rings. The predicted octanol–water partition coefficient (Wildman–Crippen LogP) is 3.90. The highest BCUT2D eigenvalue weighted by molar-refractivity contribution is 5.70. The van der Waals surface area contributed by atoms with E-state index < -0.39 is 0 Å². The van der Waals surface area contributed by atoms with Crippen molar-refractivity contribution < 1.29 is 13.9 Å². The number of ether oxygens (including phenoxy) is 2. The molecular weight excluding hydrogens is 283 g/mol. The molecule has 0 aliphatic heterocycles. The van der Waals surface area contributed by atoms with Crippen LogP contribution in [-0.4, -0.2) is 24.4 Å². The summed E-state index contributed by atoms with van der Waals surface area (Å²) in [5, 5.41) is 7.20. The average Bonchev–Trinajstić information content (AvgIpc) is 3.04. The van der Waals surface area contributed by atoms with E-state index in [1.807, 2.05) is 30.3 Å². The maximum Gasteiger partial charge on any atom is 0.161 e. The van der Waals surface area contributed by atoms with Crippen molar-refractivity contribution in [3.63, 3.8) is 0 Å². The zero-order chi connectivity index (χ0) is 15.5. The Morgan fingerprint density at radius 3 is 2.45 bits per heavy atom. The molecule has 1 aromatic heterocycles. The monoisotopic (exact) mass is 298 g/mol. The quantitative estimate of drug-likeness (QED) is 0.794. The number of rotatable bonds is 4. The maximum atomic E-state index is 13.3. The van der Waals surface area contributed by atoms with Gasteiger partial charge in [0.2, 0.25) is 0 Å². The molecule has 0 saturated carbocycles. The second kappa shape index (κ2) is 5.89. The third kappa shape index (κ3) is 2.65. The Bertz CT molecular complexity index is 799. The van der Waals surface area contributed by atoms with Crippen molar-refractivity contribution in [1.29, 1.82) is 0 Å². The number of methoxy groups -OCH3 is 2. The number of hydrogen-bond acceptors (Lipinski definition) is 3. The first-order chi connectivity index (χ1) is 10.7. The number of halogens is 1. The summed E-state index contributed by atoms with van der Waals surface area (Å²) >= 11 is 0. The molecule has 22 heavy (non-hydrogen) atoms. The number of hydrogen-bond donors (Lipinski definition) is 1. The summed E-state index contributed by atoms with van der Waals surface area (Å²) in [6, 6.07) is 13.8. The van der Waals surface area contributed by atoms with Crippen LogP contribution in [0.1, 0.15) is 0 Å². The zero-order valence-electron chi connectivity index (χ0n) is 12.3. The smallest absolute Gasteiger partial charge is 0.161 e. The summed E-state index contributed by atoms with van der Waals surface area (Å²) in [7, 11) is 3.18. The summed E-state index contributed by atoms with van der Waals surface area (Å²) in [5.74, 6) is 1.02. The second-order valence-electron chi connectivity index (χ2n) is 4.75. The first-order valence-corrected chi connectivity index (χ1v) is 6.75. The largest absolute Gasteiger partial charge is 0.493 e. The lowest BCUT2D eigenvalue weighted by molar-refractivity contribution is 0.355. The molecule has 112 valence electrons. The summed E-state index contributed by atoms with van der Waals surface area (Å²) in [5.41, 5.74) is 3.14. The standard InChI is InChI=1S/C17H15FN2O2/c1-21-16-7-6-12(9-17(16)22-2)15-10-14(19-20-15)11-4-3-5-13(18)8-11/h3-10H,1-2H3,(H,19,20). The van der Waals surface area contributed by atoms with Crippen molar-refractivity contribution in [3.8, 4) is 34.0 Å². The third-order valence-corrected chi connectivity index (χ3v) is 3.39. The highest BCUT2D eigenvalue weighted by Gasteiger charge is 2.10. The molecule has 0 bridgehead atoms. The van der Waals surface area contributed by atoms with Crippen LogP contribution in [0, 0.1) is 5.82 Å². The molecule has 0 unspecified atom stereocenters. The molecule has 3 aromatic rings. The van der Waals surface area contributed by atoms with Gasteiger partial charge in [-0.25, -0.2) is 4.39 Å². The van der Waals surface area contributed by atoms with Gasteiger partial charge in [-0.15, -0.1) is 0 Å². The Labute approximate surface area is 127 Å². The fourth-order valence-electron chi connectivity index (χ4n) is 2.27. The van der Waals surface area contributed by atoms with Crippen LogP contribution >= 0.6 is 0 Å². The topological polar surface area (TPSA) is 47.1 Å². The van der Waals surface area contributed by atoms with Gasteiger partial charge in [-0.2, -0.15) is 5.10 Å². The maximum absolute atomic E-state index is 13.3. The van der Waals surface area contributed by atoms with E-state index in [4.69, 9.17) is 9.47 Å². The number of benzene rings is 2. The van der Waals surface area contributed by atoms with Crippen LogP contribution in [-0.2, 0) is 0 Å². The van der Waals surface area contributed by atoms with Crippen LogP contribution in [0.3, 0.4) is 0 Å². The first-order valence-electron chi connectivity index (χ1n) is 6.75. The summed E-state index contributed by atoms with van der Waals surface area (Å²) < 4.78 is 23.8. The molecule has 5 heteroatoms. The number of aromatic amines is 1. The van der Waals surface area contributed by atoms with Gasteiger partial charge in [-0.3, -0.25) is 5.10 Å². The van der Waals surface area contributed by atoms with E-state index in [0.717, 1.165) is 16.8 Å². The van der Waals surface area contributed by atoms with Crippen LogP contribution in [0.15, 0.2) is 48.5 Å². The van der Waals surface area contributed by atoms with Gasteiger partial charge in [0.25, 0.3) is 0 Å². The highest BCUT2D eigenvalue weighted by atomic mass is 19.1. The molecule has 0 fully saturated rings. The third-order valence-electron chi connectivity index (χ3n) is 3.39. The molecule has 0 spiro atoms. The number of nitrogens with one attached hydrogen (secondary N) is 1. The van der Waals surface area contributed by atoms with Crippen LogP contribution in [0.4, 0.5) is 4.39 Å². The minimum atomic E-state index is -0.284. The highest BCUT2D eigenvalue weighted by Crippen LogP contribution is 2.32. The van der Waals surface area contributed by atoms with Crippen molar-refractivity contribution in [2.24, 2.45) is 0 Å². The number of aromatic nitrogens is 2. The molecule has 1 N–H and O–H groups in total. The zero-order valence-corrected chi connectivity index (χ0v) is 12.3. The molecule has 0 amide bonds. The predicted molar refractivity (Wildman–Crippen MR) is 82.5 cm³/mol. The Morgan fingerprint density at radius 2 is 1.73 bits per heavy atom. The fourth-order valence-corrected chi connectivity index (χ4v) is 2.27. The molecule has 3 rings (SSSR count). The van der Waals surface area contributed by atoms with Crippen molar-refractivity contribution in [1.82, 2.24) is 10.2 Å². The van der Waals surface area contributed by atoms with E-state index in [0.29, 0.717) is 17.2 Å². The summed E-state index contributed by atoms with van der Waals surface area (Å²) in [4.78, 5) is 0. The van der Waals surface area contributed by atoms with E-state index in [9.17, 15) is 4.39 Å². The van der Waals surface area contributed by atoms with Gasteiger partial charge >= 0.3 is 0 Å². The van der Waals surface area contributed by atoms with Gasteiger partial charge in [0.15, 0.2) is 11.5 Å². The Hall–Kier alpha value is -2.82. The van der Waals surface area contributed by atoms with E-state index >= 15 is 0 Å². The van der Waals surface area contributed by atoms with E-state index in [1.54, 1.807) is 20.3 Å². The van der Waals surface area contributed by atoms with Crippen molar-refractivity contribution in [3.05, 3.63) is 54.3 Å². The molecule has 0 saturated heterocycles. The van der Waals surface area contributed by atoms with Gasteiger partial charge in [0.05, 0.1) is 25.6 Å². The van der Waals surface area contributed by atoms with Crippen LogP contribution in [0.25, 0.3) is 22.5 Å². The molecule has 0 radical (unpaired) electrons. The van der Waals surface area contributed by atoms with E-state index in [2.05, 4.69) is 10.2 Å². The molecule has 2 aromatic carbocycles. The van der Waals surface area contributed by atoms with Gasteiger partial charge in [-0.05, 0) is 36.4 Å². The first kappa shape index (κ1) is 14.1. The van der Waals surface area contributed by atoms with Gasteiger partial charge in [0, 0.05) is 11.1 Å². The molecule has 4 nitrogen and oxygen atoms in total. The van der Waals surface area contributed by atoms with E-state index in [1.165, 1.54) is 12.1 Å². The minimum absolute atomic E-state index is 0.284. The Morgan fingerprint density at radius 1 is 0.909 bits per heavy atom. The lowest BCUT2D eigenvalue weighted by Crippen LogP contribution is -1.90. The summed E-state index contributed by atoms with van der Waals surface area (Å²) in [6.07, 6.45) is 0. The number of H-pyrrole nitrogens is 1. The molecule has 0 aliphatic carbocycles. The normalized spacial score (nSPS) is 10.5. The molecule has 0 atom stereocenters. The molecular formula is C17H15FN2O2. The average molecular weight is 298 g/mol. The lowest BCUT2D eigenvalue weighted by Gasteiger charge is -2.08. The van der Waals surface area contributed by atoms with Crippen LogP contribution < -0.4 is 9.47 Å². The van der Waals surface area contributed by atoms with Crippen LogP contribution in [0.5, 0.6) is 11.5 Å². The Kier molecular flexibility index (Phi) is 3.78. The lowest BCUT2D eigenvalue weighted by atomic mass is 10.1.